The van der Waals surface area contributed by atoms with Gasteiger partial charge in [0.2, 0.25) is 0 Å². The van der Waals surface area contributed by atoms with Crippen molar-refractivity contribution in [3.8, 4) is 5.75 Å². The zero-order valence-corrected chi connectivity index (χ0v) is 20.5. The van der Waals surface area contributed by atoms with Gasteiger partial charge >= 0.3 is 0 Å². The van der Waals surface area contributed by atoms with Crippen LogP contribution in [0, 0.1) is 5.92 Å². The molecule has 1 heterocycles. The van der Waals surface area contributed by atoms with E-state index in [0.29, 0.717) is 48.2 Å². The second-order valence-corrected chi connectivity index (χ2v) is 8.73. The standard InChI is InChI=1S/C25H29ClN4O5/c1-17(2)23(28-24(32)19-6-8-20(26)9-7-19)25(33)29-27-15-18-4-3-5-21(14-18)35-16-22(31)30-10-12-34-13-11-30/h3-9,14-15,17,23H,10-13,16H2,1-2H3,(H,28,32)(H,29,33)/b27-15-. The van der Waals surface area contributed by atoms with Crippen molar-refractivity contribution in [1.29, 1.82) is 0 Å². The van der Waals surface area contributed by atoms with Gasteiger partial charge in [-0.3, -0.25) is 14.4 Å². The van der Waals surface area contributed by atoms with Gasteiger partial charge in [-0.25, -0.2) is 5.43 Å². The molecule has 2 aromatic carbocycles. The molecule has 0 radical (unpaired) electrons. The fourth-order valence-electron chi connectivity index (χ4n) is 3.33. The Morgan fingerprint density at radius 1 is 1.14 bits per heavy atom. The molecule has 0 saturated carbocycles. The summed E-state index contributed by atoms with van der Waals surface area (Å²) < 4.78 is 10.9. The predicted molar refractivity (Wildman–Crippen MR) is 133 cm³/mol. The molecule has 10 heteroatoms. The molecule has 3 amide bonds. The Bertz CT molecular complexity index is 1050. The number of carbonyl (C=O) groups excluding carboxylic acids is 3. The van der Waals surface area contributed by atoms with E-state index in [9.17, 15) is 14.4 Å². The number of nitrogens with zero attached hydrogens (tertiary/aromatic N) is 2. The SMILES string of the molecule is CC(C)C(NC(=O)c1ccc(Cl)cc1)C(=O)N/N=C\c1cccc(OCC(=O)N2CCOCC2)c1. The van der Waals surface area contributed by atoms with E-state index in [-0.39, 0.29) is 24.3 Å². The number of nitrogens with one attached hydrogen (secondary N) is 2. The van der Waals surface area contributed by atoms with Crippen LogP contribution in [0.2, 0.25) is 5.02 Å². The Morgan fingerprint density at radius 2 is 1.86 bits per heavy atom. The summed E-state index contributed by atoms with van der Waals surface area (Å²) in [5, 5.41) is 7.26. The van der Waals surface area contributed by atoms with Gasteiger partial charge in [0.25, 0.3) is 17.7 Å². The van der Waals surface area contributed by atoms with E-state index in [4.69, 9.17) is 21.1 Å². The minimum absolute atomic E-state index is 0.0687. The van der Waals surface area contributed by atoms with Gasteiger partial charge < -0.3 is 19.7 Å². The van der Waals surface area contributed by atoms with E-state index in [2.05, 4.69) is 15.8 Å². The molecule has 1 aliphatic rings. The van der Waals surface area contributed by atoms with E-state index < -0.39 is 11.9 Å². The summed E-state index contributed by atoms with van der Waals surface area (Å²) in [7, 11) is 0. The fourth-order valence-corrected chi connectivity index (χ4v) is 3.46. The quantitative estimate of drug-likeness (QED) is 0.406. The third-order valence-electron chi connectivity index (χ3n) is 5.31. The van der Waals surface area contributed by atoms with Gasteiger partial charge in [-0.05, 0) is 47.9 Å². The topological polar surface area (TPSA) is 109 Å². The van der Waals surface area contributed by atoms with E-state index in [1.165, 1.54) is 6.21 Å². The third kappa shape index (κ3) is 8.08. The lowest BCUT2D eigenvalue weighted by molar-refractivity contribution is -0.137. The molecular weight excluding hydrogens is 472 g/mol. The summed E-state index contributed by atoms with van der Waals surface area (Å²) in [5.74, 6) is -0.572. The number of amides is 3. The van der Waals surface area contributed by atoms with Gasteiger partial charge in [-0.15, -0.1) is 0 Å². The zero-order valence-electron chi connectivity index (χ0n) is 19.7. The molecule has 9 nitrogen and oxygen atoms in total. The number of hydrogen-bond donors (Lipinski definition) is 2. The Labute approximate surface area is 209 Å². The molecule has 186 valence electrons. The van der Waals surface area contributed by atoms with E-state index >= 15 is 0 Å². The molecule has 0 spiro atoms. The first-order chi connectivity index (χ1) is 16.8. The maximum Gasteiger partial charge on any atom is 0.262 e. The van der Waals surface area contributed by atoms with Crippen molar-refractivity contribution >= 4 is 35.5 Å². The first-order valence-electron chi connectivity index (χ1n) is 11.3. The predicted octanol–water partition coefficient (Wildman–Crippen LogP) is 2.48. The highest BCUT2D eigenvalue weighted by Crippen LogP contribution is 2.13. The molecule has 1 unspecified atom stereocenters. The lowest BCUT2D eigenvalue weighted by Crippen LogP contribution is -2.48. The first kappa shape index (κ1) is 26.2. The Kier molecular flexibility index (Phi) is 9.63. The highest BCUT2D eigenvalue weighted by atomic mass is 35.5. The molecule has 0 aliphatic carbocycles. The Morgan fingerprint density at radius 3 is 2.54 bits per heavy atom. The monoisotopic (exact) mass is 500 g/mol. The number of rotatable bonds is 9. The van der Waals surface area contributed by atoms with Crippen LogP contribution in [0.1, 0.15) is 29.8 Å². The van der Waals surface area contributed by atoms with Crippen molar-refractivity contribution in [3.05, 3.63) is 64.7 Å². The van der Waals surface area contributed by atoms with Gasteiger partial charge in [0, 0.05) is 23.7 Å². The largest absolute Gasteiger partial charge is 0.484 e. The maximum atomic E-state index is 12.7. The summed E-state index contributed by atoms with van der Waals surface area (Å²) >= 11 is 5.86. The Balaban J connectivity index is 1.53. The zero-order chi connectivity index (χ0) is 25.2. The van der Waals surface area contributed by atoms with Crippen LogP contribution in [0.4, 0.5) is 0 Å². The van der Waals surface area contributed by atoms with Crippen LogP contribution in [-0.2, 0) is 14.3 Å². The molecule has 2 aromatic rings. The highest BCUT2D eigenvalue weighted by Gasteiger charge is 2.24. The van der Waals surface area contributed by atoms with Gasteiger partial charge in [-0.2, -0.15) is 5.10 Å². The Hall–Kier alpha value is -3.43. The first-order valence-corrected chi connectivity index (χ1v) is 11.7. The summed E-state index contributed by atoms with van der Waals surface area (Å²) in [6.07, 6.45) is 1.47. The molecule has 1 saturated heterocycles. The minimum atomic E-state index is -0.781. The number of hydrogen-bond acceptors (Lipinski definition) is 6. The van der Waals surface area contributed by atoms with Crippen LogP contribution in [0.15, 0.2) is 53.6 Å². The van der Waals surface area contributed by atoms with Crippen molar-refractivity contribution < 1.29 is 23.9 Å². The minimum Gasteiger partial charge on any atom is -0.484 e. The highest BCUT2D eigenvalue weighted by molar-refractivity contribution is 6.30. The van der Waals surface area contributed by atoms with Crippen LogP contribution in [0.5, 0.6) is 5.75 Å². The molecule has 2 N–H and O–H groups in total. The normalized spacial score (nSPS) is 14.6. The van der Waals surface area contributed by atoms with E-state index in [1.807, 2.05) is 13.8 Å². The summed E-state index contributed by atoms with van der Waals surface area (Å²) in [4.78, 5) is 39.1. The second-order valence-electron chi connectivity index (χ2n) is 8.29. The summed E-state index contributed by atoms with van der Waals surface area (Å²) in [6.45, 7) is 5.78. The van der Waals surface area contributed by atoms with Crippen LogP contribution in [-0.4, -0.2) is 67.8 Å². The molecule has 0 bridgehead atoms. The molecule has 35 heavy (non-hydrogen) atoms. The maximum absolute atomic E-state index is 12.7. The van der Waals surface area contributed by atoms with Crippen molar-refractivity contribution in [2.45, 2.75) is 19.9 Å². The van der Waals surface area contributed by atoms with Crippen LogP contribution >= 0.6 is 11.6 Å². The van der Waals surface area contributed by atoms with Crippen LogP contribution < -0.4 is 15.5 Å². The van der Waals surface area contributed by atoms with Crippen LogP contribution in [0.25, 0.3) is 0 Å². The summed E-state index contributed by atoms with van der Waals surface area (Å²) in [5.41, 5.74) is 3.55. The van der Waals surface area contributed by atoms with Gasteiger partial charge in [0.15, 0.2) is 6.61 Å². The lowest BCUT2D eigenvalue weighted by atomic mass is 10.0. The molecule has 1 aliphatic heterocycles. The van der Waals surface area contributed by atoms with Crippen molar-refractivity contribution in [2.75, 3.05) is 32.9 Å². The smallest absolute Gasteiger partial charge is 0.262 e. The van der Waals surface area contributed by atoms with Gasteiger partial charge in [-0.1, -0.05) is 37.6 Å². The molecule has 3 rings (SSSR count). The van der Waals surface area contributed by atoms with Crippen molar-refractivity contribution in [2.24, 2.45) is 11.0 Å². The lowest BCUT2D eigenvalue weighted by Gasteiger charge is -2.26. The number of hydrazone groups is 1. The molecular formula is C25H29ClN4O5. The number of carbonyl (C=O) groups is 3. The number of halogens is 1. The number of benzene rings is 2. The second kappa shape index (κ2) is 12.9. The number of ether oxygens (including phenoxy) is 2. The molecule has 1 atom stereocenters. The van der Waals surface area contributed by atoms with Gasteiger partial charge in [0.05, 0.1) is 19.4 Å². The van der Waals surface area contributed by atoms with E-state index in [0.717, 1.165) is 0 Å². The summed E-state index contributed by atoms with van der Waals surface area (Å²) in [6, 6.07) is 12.6. The van der Waals surface area contributed by atoms with Crippen molar-refractivity contribution in [1.82, 2.24) is 15.6 Å². The van der Waals surface area contributed by atoms with Crippen molar-refractivity contribution in [3.63, 3.8) is 0 Å². The molecule has 1 fully saturated rings. The number of morpholine rings is 1. The third-order valence-corrected chi connectivity index (χ3v) is 5.57. The van der Waals surface area contributed by atoms with Gasteiger partial charge in [0.1, 0.15) is 11.8 Å². The average Bonchev–Trinajstić information content (AvgIpc) is 2.86. The van der Waals surface area contributed by atoms with Crippen LogP contribution in [0.3, 0.4) is 0 Å². The average molecular weight is 501 g/mol. The molecule has 0 aromatic heterocycles. The van der Waals surface area contributed by atoms with E-state index in [1.54, 1.807) is 53.4 Å². The fraction of sp³-hybridized carbons (Fsp3) is 0.360.